The maximum Gasteiger partial charge on any atom is 0.203 e. The average molecular weight is 343 g/mol. The molecule has 0 fully saturated rings. The highest BCUT2D eigenvalue weighted by atomic mass is 32.1. The maximum atomic E-state index is 5.44. The summed E-state index contributed by atoms with van der Waals surface area (Å²) in [5.74, 6) is 1.74. The van der Waals surface area contributed by atoms with Gasteiger partial charge in [0.1, 0.15) is 6.33 Å². The lowest BCUT2D eigenvalue weighted by Gasteiger charge is -2.14. The number of nitrogens with zero attached hydrogens (tertiary/aromatic N) is 3. The predicted octanol–water partition coefficient (Wildman–Crippen LogP) is 3.60. The third-order valence-corrected chi connectivity index (χ3v) is 4.51. The lowest BCUT2D eigenvalue weighted by Crippen LogP contribution is -1.96. The van der Waals surface area contributed by atoms with Gasteiger partial charge in [-0.15, -0.1) is 11.3 Å². The Labute approximate surface area is 144 Å². The van der Waals surface area contributed by atoms with Crippen LogP contribution in [-0.4, -0.2) is 36.3 Å². The van der Waals surface area contributed by atoms with Gasteiger partial charge in [-0.2, -0.15) is 0 Å². The highest BCUT2D eigenvalue weighted by Gasteiger charge is 2.19. The van der Waals surface area contributed by atoms with Crippen molar-refractivity contribution in [2.24, 2.45) is 0 Å². The van der Waals surface area contributed by atoms with E-state index in [0.717, 1.165) is 26.7 Å². The van der Waals surface area contributed by atoms with E-state index in [9.17, 15) is 0 Å². The minimum atomic E-state index is 0.556. The fourth-order valence-corrected chi connectivity index (χ4v) is 3.37. The van der Waals surface area contributed by atoms with E-state index in [1.807, 2.05) is 19.1 Å². The van der Waals surface area contributed by atoms with Crippen molar-refractivity contribution in [2.75, 3.05) is 21.3 Å². The molecular formula is C17H17N3O3S. The van der Waals surface area contributed by atoms with Crippen molar-refractivity contribution in [2.45, 2.75) is 6.92 Å². The van der Waals surface area contributed by atoms with Gasteiger partial charge in [-0.3, -0.25) is 0 Å². The molecule has 3 rings (SSSR count). The van der Waals surface area contributed by atoms with Crippen LogP contribution in [0.5, 0.6) is 17.2 Å². The molecule has 0 aliphatic rings. The van der Waals surface area contributed by atoms with E-state index < -0.39 is 0 Å². The molecule has 0 saturated heterocycles. The number of ether oxygens (including phenoxy) is 3. The molecule has 0 spiro atoms. The number of thiazole rings is 1. The summed E-state index contributed by atoms with van der Waals surface area (Å²) in [5.41, 5.74) is 2.64. The minimum absolute atomic E-state index is 0.556. The molecule has 0 bridgehead atoms. The summed E-state index contributed by atoms with van der Waals surface area (Å²) in [6, 6.07) is 3.78. The second-order valence-corrected chi connectivity index (χ2v) is 6.15. The van der Waals surface area contributed by atoms with Gasteiger partial charge in [0, 0.05) is 23.5 Å². The summed E-state index contributed by atoms with van der Waals surface area (Å²) < 4.78 is 16.3. The number of aromatic nitrogens is 3. The standard InChI is InChI=1S/C17H17N3O3S/c1-10-20-15(17(24-10)12-7-18-9-19-8-12)11-5-13(21-2)16(23-4)14(6-11)22-3/h5-9H,1-4H3. The molecule has 124 valence electrons. The maximum absolute atomic E-state index is 5.44. The molecular weight excluding hydrogens is 326 g/mol. The molecule has 2 heterocycles. The van der Waals surface area contributed by atoms with Crippen LogP contribution in [0.25, 0.3) is 21.7 Å². The zero-order valence-electron chi connectivity index (χ0n) is 13.9. The first-order valence-corrected chi connectivity index (χ1v) is 8.02. The first-order chi connectivity index (χ1) is 11.7. The van der Waals surface area contributed by atoms with Crippen LogP contribution in [0.4, 0.5) is 0 Å². The van der Waals surface area contributed by atoms with Crippen molar-refractivity contribution >= 4 is 11.3 Å². The molecule has 0 saturated carbocycles. The van der Waals surface area contributed by atoms with Gasteiger partial charge in [-0.1, -0.05) is 0 Å². The molecule has 0 unspecified atom stereocenters. The van der Waals surface area contributed by atoms with E-state index in [1.54, 1.807) is 45.1 Å². The van der Waals surface area contributed by atoms with Gasteiger partial charge in [0.25, 0.3) is 0 Å². The summed E-state index contributed by atoms with van der Waals surface area (Å²) in [7, 11) is 4.78. The monoisotopic (exact) mass is 343 g/mol. The number of benzene rings is 1. The Morgan fingerprint density at radius 1 is 0.875 bits per heavy atom. The zero-order valence-corrected chi connectivity index (χ0v) is 14.7. The van der Waals surface area contributed by atoms with E-state index in [-0.39, 0.29) is 0 Å². The Morgan fingerprint density at radius 3 is 2.04 bits per heavy atom. The van der Waals surface area contributed by atoms with Crippen molar-refractivity contribution in [1.82, 2.24) is 15.0 Å². The van der Waals surface area contributed by atoms with Crippen LogP contribution < -0.4 is 14.2 Å². The molecule has 7 heteroatoms. The second kappa shape index (κ2) is 6.84. The zero-order chi connectivity index (χ0) is 17.1. The first-order valence-electron chi connectivity index (χ1n) is 7.21. The summed E-state index contributed by atoms with van der Waals surface area (Å²) in [6.45, 7) is 1.97. The van der Waals surface area contributed by atoms with Gasteiger partial charge in [0.2, 0.25) is 5.75 Å². The molecule has 0 aliphatic heterocycles. The smallest absolute Gasteiger partial charge is 0.203 e. The summed E-state index contributed by atoms with van der Waals surface area (Å²) in [5, 5.41) is 0.956. The van der Waals surface area contributed by atoms with Crippen LogP contribution in [-0.2, 0) is 0 Å². The molecule has 0 atom stereocenters. The summed E-state index contributed by atoms with van der Waals surface area (Å²) >= 11 is 1.60. The lowest BCUT2D eigenvalue weighted by atomic mass is 10.1. The van der Waals surface area contributed by atoms with Gasteiger partial charge >= 0.3 is 0 Å². The van der Waals surface area contributed by atoms with Crippen LogP contribution in [0.2, 0.25) is 0 Å². The number of hydrogen-bond donors (Lipinski definition) is 0. The second-order valence-electron chi connectivity index (χ2n) is 4.95. The van der Waals surface area contributed by atoms with Gasteiger partial charge in [0.05, 0.1) is 36.9 Å². The fraction of sp³-hybridized carbons (Fsp3) is 0.235. The third-order valence-electron chi connectivity index (χ3n) is 3.50. The predicted molar refractivity (Wildman–Crippen MR) is 93.0 cm³/mol. The Hall–Kier alpha value is -2.67. The quantitative estimate of drug-likeness (QED) is 0.705. The van der Waals surface area contributed by atoms with Crippen molar-refractivity contribution < 1.29 is 14.2 Å². The largest absolute Gasteiger partial charge is 0.493 e. The molecule has 0 aliphatic carbocycles. The highest BCUT2D eigenvalue weighted by molar-refractivity contribution is 7.15. The van der Waals surface area contributed by atoms with Gasteiger partial charge < -0.3 is 14.2 Å². The van der Waals surface area contributed by atoms with Crippen molar-refractivity contribution in [3.63, 3.8) is 0 Å². The first kappa shape index (κ1) is 16.2. The van der Waals surface area contributed by atoms with Crippen LogP contribution in [0, 0.1) is 6.92 Å². The van der Waals surface area contributed by atoms with E-state index in [1.165, 1.54) is 6.33 Å². The highest BCUT2D eigenvalue weighted by Crippen LogP contribution is 2.44. The molecule has 3 aromatic rings. The Balaban J connectivity index is 2.20. The van der Waals surface area contributed by atoms with Crippen LogP contribution in [0.3, 0.4) is 0 Å². The molecule has 2 aromatic heterocycles. The topological polar surface area (TPSA) is 66.4 Å². The number of aryl methyl sites for hydroxylation is 1. The van der Waals surface area contributed by atoms with Crippen LogP contribution >= 0.6 is 11.3 Å². The van der Waals surface area contributed by atoms with Crippen molar-refractivity contribution in [3.8, 4) is 38.9 Å². The van der Waals surface area contributed by atoms with Crippen molar-refractivity contribution in [3.05, 3.63) is 35.9 Å². The summed E-state index contributed by atoms with van der Waals surface area (Å²) in [4.78, 5) is 13.9. The van der Waals surface area contributed by atoms with Crippen LogP contribution in [0.15, 0.2) is 30.9 Å². The molecule has 6 nitrogen and oxygen atoms in total. The Kier molecular flexibility index (Phi) is 4.61. The number of rotatable bonds is 5. The molecule has 24 heavy (non-hydrogen) atoms. The van der Waals surface area contributed by atoms with E-state index in [4.69, 9.17) is 14.2 Å². The van der Waals surface area contributed by atoms with Crippen LogP contribution in [0.1, 0.15) is 5.01 Å². The lowest BCUT2D eigenvalue weighted by molar-refractivity contribution is 0.324. The number of methoxy groups -OCH3 is 3. The molecule has 1 aromatic carbocycles. The number of hydrogen-bond acceptors (Lipinski definition) is 7. The average Bonchev–Trinajstić information content (AvgIpc) is 3.03. The van der Waals surface area contributed by atoms with E-state index in [0.29, 0.717) is 17.2 Å². The Morgan fingerprint density at radius 2 is 1.50 bits per heavy atom. The summed E-state index contributed by atoms with van der Waals surface area (Å²) in [6.07, 6.45) is 5.07. The third kappa shape index (κ3) is 2.90. The SMILES string of the molecule is COc1cc(-c2nc(C)sc2-c2cncnc2)cc(OC)c1OC. The Bertz CT molecular complexity index is 825. The van der Waals surface area contributed by atoms with Gasteiger partial charge in [0.15, 0.2) is 11.5 Å². The van der Waals surface area contributed by atoms with E-state index >= 15 is 0 Å². The fourth-order valence-electron chi connectivity index (χ4n) is 2.45. The van der Waals surface area contributed by atoms with E-state index in [2.05, 4.69) is 15.0 Å². The van der Waals surface area contributed by atoms with Crippen molar-refractivity contribution in [1.29, 1.82) is 0 Å². The molecule has 0 radical (unpaired) electrons. The van der Waals surface area contributed by atoms with Gasteiger partial charge in [-0.25, -0.2) is 15.0 Å². The molecule has 0 amide bonds. The molecule has 0 N–H and O–H groups in total. The van der Waals surface area contributed by atoms with Gasteiger partial charge in [-0.05, 0) is 19.1 Å². The minimum Gasteiger partial charge on any atom is -0.493 e. The normalized spacial score (nSPS) is 10.5.